The number of hydrogen-bond acceptors (Lipinski definition) is 4. The zero-order chi connectivity index (χ0) is 16.5. The van der Waals surface area contributed by atoms with Crippen molar-refractivity contribution in [1.29, 1.82) is 5.26 Å². The standard InChI is InChI=1S/C16H18N2O3S/c1-16(2,3)18-12(19)9-22-14(15(20)21)13(18)11-6-4-5-10(7-11)8-17/h4-7,13-14H,9H2,1-3H3,(H,20,21)/t13-,14+/m1/s1. The van der Waals surface area contributed by atoms with Crippen molar-refractivity contribution in [2.75, 3.05) is 5.75 Å². The minimum Gasteiger partial charge on any atom is -0.480 e. The molecular formula is C16H18N2O3S. The first-order valence-electron chi connectivity index (χ1n) is 6.92. The van der Waals surface area contributed by atoms with Crippen LogP contribution in [0.25, 0.3) is 0 Å². The number of amides is 1. The van der Waals surface area contributed by atoms with Gasteiger partial charge in [0.25, 0.3) is 0 Å². The van der Waals surface area contributed by atoms with E-state index in [1.54, 1.807) is 29.2 Å². The molecule has 2 rings (SSSR count). The molecule has 1 heterocycles. The molecule has 2 atom stereocenters. The van der Waals surface area contributed by atoms with E-state index in [1.807, 2.05) is 20.8 Å². The maximum atomic E-state index is 12.4. The van der Waals surface area contributed by atoms with E-state index in [4.69, 9.17) is 5.26 Å². The Morgan fingerprint density at radius 2 is 2.14 bits per heavy atom. The Bertz CT molecular complexity index is 646. The van der Waals surface area contributed by atoms with E-state index < -0.39 is 22.8 Å². The van der Waals surface area contributed by atoms with Gasteiger partial charge in [-0.1, -0.05) is 12.1 Å². The minimum atomic E-state index is -0.945. The largest absolute Gasteiger partial charge is 0.480 e. The highest BCUT2D eigenvalue weighted by Gasteiger charge is 2.45. The van der Waals surface area contributed by atoms with Crippen molar-refractivity contribution in [3.05, 3.63) is 35.4 Å². The molecule has 1 aromatic rings. The number of nitrogens with zero attached hydrogens (tertiary/aromatic N) is 2. The lowest BCUT2D eigenvalue weighted by molar-refractivity contribution is -0.143. The van der Waals surface area contributed by atoms with Crippen molar-refractivity contribution in [1.82, 2.24) is 4.90 Å². The maximum absolute atomic E-state index is 12.4. The van der Waals surface area contributed by atoms with Gasteiger partial charge in [-0.25, -0.2) is 0 Å². The van der Waals surface area contributed by atoms with Crippen molar-refractivity contribution >= 4 is 23.6 Å². The average molecular weight is 318 g/mol. The lowest BCUT2D eigenvalue weighted by Crippen LogP contribution is -2.55. The Hall–Kier alpha value is -2.00. The third kappa shape index (κ3) is 3.09. The molecule has 116 valence electrons. The fourth-order valence-corrected chi connectivity index (χ4v) is 3.79. The van der Waals surface area contributed by atoms with Crippen LogP contribution in [-0.4, -0.2) is 38.4 Å². The maximum Gasteiger partial charge on any atom is 0.319 e. The number of benzene rings is 1. The van der Waals surface area contributed by atoms with Crippen molar-refractivity contribution < 1.29 is 14.7 Å². The van der Waals surface area contributed by atoms with Crippen LogP contribution < -0.4 is 0 Å². The summed E-state index contributed by atoms with van der Waals surface area (Å²) in [5, 5.41) is 17.9. The second kappa shape index (κ2) is 6.01. The van der Waals surface area contributed by atoms with Crippen LogP contribution in [0.3, 0.4) is 0 Å². The van der Waals surface area contributed by atoms with Gasteiger partial charge in [0.05, 0.1) is 23.4 Å². The van der Waals surface area contributed by atoms with Gasteiger partial charge in [0.15, 0.2) is 0 Å². The molecule has 0 saturated carbocycles. The van der Waals surface area contributed by atoms with Gasteiger partial charge in [-0.3, -0.25) is 9.59 Å². The normalized spacial score (nSPS) is 22.3. The number of carbonyl (C=O) groups is 2. The first-order valence-corrected chi connectivity index (χ1v) is 7.97. The van der Waals surface area contributed by atoms with Crippen LogP contribution in [0.5, 0.6) is 0 Å². The zero-order valence-corrected chi connectivity index (χ0v) is 13.6. The second-order valence-electron chi connectivity index (χ2n) is 6.19. The van der Waals surface area contributed by atoms with Gasteiger partial charge in [-0.2, -0.15) is 5.26 Å². The number of carbonyl (C=O) groups excluding carboxylic acids is 1. The highest BCUT2D eigenvalue weighted by atomic mass is 32.2. The van der Waals surface area contributed by atoms with Crippen LogP contribution >= 0.6 is 11.8 Å². The highest BCUT2D eigenvalue weighted by molar-refractivity contribution is 8.01. The molecule has 0 aromatic heterocycles. The quantitative estimate of drug-likeness (QED) is 0.905. The van der Waals surface area contributed by atoms with Gasteiger partial charge < -0.3 is 10.0 Å². The van der Waals surface area contributed by atoms with Gasteiger partial charge in [0, 0.05) is 5.54 Å². The molecule has 1 aliphatic heterocycles. The van der Waals surface area contributed by atoms with Crippen LogP contribution in [0.15, 0.2) is 24.3 Å². The summed E-state index contributed by atoms with van der Waals surface area (Å²) in [6, 6.07) is 8.30. The van der Waals surface area contributed by atoms with E-state index in [9.17, 15) is 14.7 Å². The summed E-state index contributed by atoms with van der Waals surface area (Å²) in [5.41, 5.74) is 0.638. The highest BCUT2D eigenvalue weighted by Crippen LogP contribution is 2.41. The fourth-order valence-electron chi connectivity index (χ4n) is 2.73. The Balaban J connectivity index is 2.57. The molecule has 0 bridgehead atoms. The summed E-state index contributed by atoms with van der Waals surface area (Å²) >= 11 is 1.14. The molecule has 0 radical (unpaired) electrons. The number of carboxylic acid groups (broad SMARTS) is 1. The van der Waals surface area contributed by atoms with Gasteiger partial charge in [-0.15, -0.1) is 11.8 Å². The molecule has 0 aliphatic carbocycles. The molecule has 1 N–H and O–H groups in total. The van der Waals surface area contributed by atoms with E-state index in [2.05, 4.69) is 6.07 Å². The summed E-state index contributed by atoms with van der Waals surface area (Å²) < 4.78 is 0. The second-order valence-corrected chi connectivity index (χ2v) is 7.32. The van der Waals surface area contributed by atoms with Gasteiger partial charge in [0.1, 0.15) is 5.25 Å². The number of thioether (sulfide) groups is 1. The molecule has 1 amide bonds. The molecule has 22 heavy (non-hydrogen) atoms. The summed E-state index contributed by atoms with van der Waals surface area (Å²) in [5.74, 6) is -0.871. The summed E-state index contributed by atoms with van der Waals surface area (Å²) in [6.45, 7) is 5.67. The number of carboxylic acids is 1. The third-order valence-electron chi connectivity index (χ3n) is 3.54. The van der Waals surface area contributed by atoms with Crippen LogP contribution in [0, 0.1) is 11.3 Å². The van der Waals surface area contributed by atoms with E-state index >= 15 is 0 Å². The summed E-state index contributed by atoms with van der Waals surface area (Å²) in [7, 11) is 0. The average Bonchev–Trinajstić information content (AvgIpc) is 2.45. The molecule has 0 unspecified atom stereocenters. The van der Waals surface area contributed by atoms with Gasteiger partial charge >= 0.3 is 5.97 Å². The lowest BCUT2D eigenvalue weighted by atomic mass is 9.94. The number of nitriles is 1. The molecule has 1 saturated heterocycles. The molecule has 6 heteroatoms. The summed E-state index contributed by atoms with van der Waals surface area (Å²) in [6.07, 6.45) is 0. The third-order valence-corrected chi connectivity index (χ3v) is 4.78. The van der Waals surface area contributed by atoms with Crippen molar-refractivity contribution in [2.45, 2.75) is 37.6 Å². The number of hydrogen-bond donors (Lipinski definition) is 1. The Kier molecular flexibility index (Phi) is 4.47. The SMILES string of the molecule is CC(C)(C)N1C(=O)CS[C@H](C(=O)O)[C@H]1c1cccc(C#N)c1. The molecule has 0 spiro atoms. The first kappa shape index (κ1) is 16.4. The van der Waals surface area contributed by atoms with E-state index in [1.165, 1.54) is 0 Å². The smallest absolute Gasteiger partial charge is 0.319 e. The molecular weight excluding hydrogens is 300 g/mol. The summed E-state index contributed by atoms with van der Waals surface area (Å²) in [4.78, 5) is 25.7. The zero-order valence-electron chi connectivity index (χ0n) is 12.7. The van der Waals surface area contributed by atoms with Gasteiger partial charge in [-0.05, 0) is 38.5 Å². The van der Waals surface area contributed by atoms with Crippen molar-refractivity contribution in [2.24, 2.45) is 0 Å². The molecule has 5 nitrogen and oxygen atoms in total. The Labute approximate surface area is 133 Å². The van der Waals surface area contributed by atoms with E-state index in [0.29, 0.717) is 11.1 Å². The van der Waals surface area contributed by atoms with Crippen molar-refractivity contribution in [3.63, 3.8) is 0 Å². The number of aliphatic carboxylic acids is 1. The Morgan fingerprint density at radius 1 is 1.45 bits per heavy atom. The van der Waals surface area contributed by atoms with E-state index in [0.717, 1.165) is 11.8 Å². The lowest BCUT2D eigenvalue weighted by Gasteiger charge is -2.46. The monoisotopic (exact) mass is 318 g/mol. The minimum absolute atomic E-state index is 0.0811. The van der Waals surface area contributed by atoms with Crippen LogP contribution in [0.4, 0.5) is 0 Å². The van der Waals surface area contributed by atoms with Crippen LogP contribution in [0.1, 0.15) is 37.9 Å². The molecule has 1 fully saturated rings. The Morgan fingerprint density at radius 3 is 2.68 bits per heavy atom. The predicted molar refractivity (Wildman–Crippen MR) is 84.4 cm³/mol. The predicted octanol–water partition coefficient (Wildman–Crippen LogP) is 2.43. The fraction of sp³-hybridized carbons (Fsp3) is 0.438. The molecule has 1 aliphatic rings. The van der Waals surface area contributed by atoms with Crippen LogP contribution in [-0.2, 0) is 9.59 Å². The van der Waals surface area contributed by atoms with E-state index in [-0.39, 0.29) is 11.7 Å². The number of rotatable bonds is 2. The first-order chi connectivity index (χ1) is 10.3. The van der Waals surface area contributed by atoms with Gasteiger partial charge in [0.2, 0.25) is 5.91 Å². The van der Waals surface area contributed by atoms with Crippen LogP contribution in [0.2, 0.25) is 0 Å². The topological polar surface area (TPSA) is 81.4 Å². The van der Waals surface area contributed by atoms with Crippen molar-refractivity contribution in [3.8, 4) is 6.07 Å². The molecule has 1 aromatic carbocycles.